The Kier molecular flexibility index (Phi) is 3.88. The van der Waals surface area contributed by atoms with Crippen LogP contribution in [0.25, 0.3) is 0 Å². The SMILES string of the molecule is C1CC2OC2CC1C1CO1.CC(C)[C@]12O[C@H]1[C@@H]1O[C@]13[C@]1(O[C@H]1C[C@H]1C4=C(CC[C@@]13C)C(=O)OC4)[C@@H]2O. The highest BCUT2D eigenvalue weighted by atomic mass is 16.7. The number of cyclic esters (lactones) is 1. The molecule has 8 heteroatoms. The Balaban J connectivity index is 0.000000161. The van der Waals surface area contributed by atoms with Crippen molar-refractivity contribution in [2.45, 2.75) is 119 Å². The molecule has 10 aliphatic rings. The fraction of sp³-hybridized carbons (Fsp3) is 0.893. The minimum Gasteiger partial charge on any atom is -0.458 e. The van der Waals surface area contributed by atoms with Gasteiger partial charge in [0.15, 0.2) is 5.60 Å². The lowest BCUT2D eigenvalue weighted by atomic mass is 9.46. The lowest BCUT2D eigenvalue weighted by molar-refractivity contribution is -0.136. The van der Waals surface area contributed by atoms with Crippen LogP contribution in [-0.4, -0.2) is 83.8 Å². The zero-order chi connectivity index (χ0) is 24.4. The molecule has 8 fully saturated rings. The number of carbonyl (C=O) groups excluding carboxylic acids is 1. The van der Waals surface area contributed by atoms with E-state index in [4.69, 9.17) is 28.4 Å². The molecule has 10 rings (SSSR count). The number of hydrogen-bond donors (Lipinski definition) is 1. The number of ether oxygens (including phenoxy) is 6. The molecule has 6 heterocycles. The fourth-order valence-electron chi connectivity index (χ4n) is 9.80. The molecule has 4 aliphatic carbocycles. The van der Waals surface area contributed by atoms with Crippen LogP contribution in [0.15, 0.2) is 11.1 Å². The predicted molar refractivity (Wildman–Crippen MR) is 123 cm³/mol. The van der Waals surface area contributed by atoms with Gasteiger partial charge in [-0.1, -0.05) is 20.8 Å². The van der Waals surface area contributed by atoms with Crippen LogP contribution in [0.4, 0.5) is 0 Å². The summed E-state index contributed by atoms with van der Waals surface area (Å²) in [7, 11) is 0. The van der Waals surface area contributed by atoms with Gasteiger partial charge in [-0.25, -0.2) is 4.79 Å². The zero-order valence-corrected chi connectivity index (χ0v) is 21.2. The first-order chi connectivity index (χ1) is 17.3. The molecule has 1 N–H and O–H groups in total. The van der Waals surface area contributed by atoms with Gasteiger partial charge in [0.25, 0.3) is 0 Å². The van der Waals surface area contributed by atoms with E-state index in [1.807, 2.05) is 0 Å². The first kappa shape index (κ1) is 21.9. The fourth-order valence-corrected chi connectivity index (χ4v) is 9.80. The van der Waals surface area contributed by atoms with Crippen molar-refractivity contribution < 1.29 is 38.3 Å². The van der Waals surface area contributed by atoms with Crippen LogP contribution < -0.4 is 0 Å². The average Bonchev–Trinajstić information content (AvgIpc) is 3.69. The number of aliphatic hydroxyl groups is 1. The number of aliphatic hydroxyl groups excluding tert-OH is 1. The Morgan fingerprint density at radius 1 is 1.03 bits per heavy atom. The quantitative estimate of drug-likeness (QED) is 0.453. The van der Waals surface area contributed by atoms with Crippen LogP contribution in [0.3, 0.4) is 0 Å². The summed E-state index contributed by atoms with van der Waals surface area (Å²) in [5, 5.41) is 11.4. The molecular formula is C28H36O8. The maximum atomic E-state index is 12.1. The third-order valence-corrected chi connectivity index (χ3v) is 12.0. The second kappa shape index (κ2) is 6.40. The summed E-state index contributed by atoms with van der Waals surface area (Å²) in [5.74, 6) is 1.13. The summed E-state index contributed by atoms with van der Waals surface area (Å²) < 4.78 is 35.0. The minimum atomic E-state index is -0.654. The molecule has 13 atom stereocenters. The van der Waals surface area contributed by atoms with Crippen molar-refractivity contribution >= 4 is 5.97 Å². The van der Waals surface area contributed by atoms with Gasteiger partial charge in [0.1, 0.15) is 36.1 Å². The Labute approximate surface area is 210 Å². The Bertz CT molecular complexity index is 1100. The van der Waals surface area contributed by atoms with Crippen LogP contribution in [0.1, 0.15) is 59.3 Å². The van der Waals surface area contributed by atoms with E-state index in [0.717, 1.165) is 42.9 Å². The van der Waals surface area contributed by atoms with Gasteiger partial charge in [-0.05, 0) is 61.9 Å². The molecule has 2 spiro atoms. The summed E-state index contributed by atoms with van der Waals surface area (Å²) in [6.45, 7) is 7.93. The molecule has 0 amide bonds. The van der Waals surface area contributed by atoms with Gasteiger partial charge >= 0.3 is 5.97 Å². The number of epoxide rings is 5. The van der Waals surface area contributed by atoms with E-state index in [-0.39, 0.29) is 41.5 Å². The van der Waals surface area contributed by atoms with Gasteiger partial charge in [0.05, 0.1) is 31.0 Å². The van der Waals surface area contributed by atoms with Crippen LogP contribution >= 0.6 is 0 Å². The third kappa shape index (κ3) is 2.30. The van der Waals surface area contributed by atoms with Gasteiger partial charge in [-0.3, -0.25) is 0 Å². The first-order valence-corrected chi connectivity index (χ1v) is 14.2. The maximum absolute atomic E-state index is 12.1. The molecule has 5 saturated heterocycles. The minimum absolute atomic E-state index is 0.00808. The second-order valence-electron chi connectivity index (χ2n) is 13.6. The molecule has 3 saturated carbocycles. The van der Waals surface area contributed by atoms with E-state index in [0.29, 0.717) is 24.9 Å². The van der Waals surface area contributed by atoms with Crippen LogP contribution in [0, 0.1) is 23.2 Å². The third-order valence-electron chi connectivity index (χ3n) is 12.0. The summed E-state index contributed by atoms with van der Waals surface area (Å²) >= 11 is 0. The van der Waals surface area contributed by atoms with E-state index in [2.05, 4.69) is 20.8 Å². The van der Waals surface area contributed by atoms with Crippen molar-refractivity contribution in [1.82, 2.24) is 0 Å². The lowest BCUT2D eigenvalue weighted by Gasteiger charge is -2.53. The second-order valence-corrected chi connectivity index (χ2v) is 13.6. The molecule has 0 aromatic rings. The van der Waals surface area contributed by atoms with Crippen LogP contribution in [0.2, 0.25) is 0 Å². The highest BCUT2D eigenvalue weighted by Crippen LogP contribution is 2.82. The molecule has 4 unspecified atom stereocenters. The van der Waals surface area contributed by atoms with E-state index >= 15 is 0 Å². The molecular weight excluding hydrogens is 464 g/mol. The maximum Gasteiger partial charge on any atom is 0.334 e. The molecule has 0 aromatic heterocycles. The lowest BCUT2D eigenvalue weighted by Crippen LogP contribution is -2.69. The number of fused-ring (bicyclic) bond motifs is 5. The summed E-state index contributed by atoms with van der Waals surface area (Å²) in [6.07, 6.45) is 7.50. The highest BCUT2D eigenvalue weighted by Gasteiger charge is 3.00. The van der Waals surface area contributed by atoms with Crippen molar-refractivity contribution in [3.8, 4) is 0 Å². The van der Waals surface area contributed by atoms with Crippen LogP contribution in [0.5, 0.6) is 0 Å². The van der Waals surface area contributed by atoms with Crippen molar-refractivity contribution in [3.63, 3.8) is 0 Å². The molecule has 8 nitrogen and oxygen atoms in total. The summed E-state index contributed by atoms with van der Waals surface area (Å²) in [5.41, 5.74) is 0.230. The van der Waals surface area contributed by atoms with E-state index in [1.54, 1.807) is 0 Å². The number of hydrogen-bond acceptors (Lipinski definition) is 8. The standard InChI is InChI=1S/C20H24O6.C8H12O2/c1-8(2)18-13(25-18)14-20(26-14)17(3)5-4-9-10(7-23-15(9)21)11(17)6-12-19(20,24-12)16(18)22;1-2-6-7(10-6)3-5(1)8-4-9-8/h8,11-14,16,22H,4-7H2,1-3H3;5-8H,1-4H2/t11-,12-,13-,14-,16+,17-,18-,19+,20+;/m0./s1. The Morgan fingerprint density at radius 2 is 1.86 bits per heavy atom. The topological polar surface area (TPSA) is 109 Å². The zero-order valence-electron chi connectivity index (χ0n) is 21.2. The highest BCUT2D eigenvalue weighted by molar-refractivity contribution is 5.92. The summed E-state index contributed by atoms with van der Waals surface area (Å²) in [6, 6.07) is 0. The van der Waals surface area contributed by atoms with Gasteiger partial charge in [0, 0.05) is 11.0 Å². The average molecular weight is 501 g/mol. The van der Waals surface area contributed by atoms with Crippen molar-refractivity contribution in [2.75, 3.05) is 13.2 Å². The molecule has 0 radical (unpaired) electrons. The molecule has 6 aliphatic heterocycles. The number of esters is 1. The Hall–Kier alpha value is -1.03. The van der Waals surface area contributed by atoms with Gasteiger partial charge in [0.2, 0.25) is 0 Å². The van der Waals surface area contributed by atoms with E-state index in [9.17, 15) is 9.90 Å². The summed E-state index contributed by atoms with van der Waals surface area (Å²) in [4.78, 5) is 12.1. The van der Waals surface area contributed by atoms with Crippen molar-refractivity contribution in [2.24, 2.45) is 23.2 Å². The predicted octanol–water partition coefficient (Wildman–Crippen LogP) is 2.06. The van der Waals surface area contributed by atoms with E-state index in [1.165, 1.54) is 19.3 Å². The monoisotopic (exact) mass is 500 g/mol. The van der Waals surface area contributed by atoms with Crippen molar-refractivity contribution in [1.29, 1.82) is 0 Å². The molecule has 196 valence electrons. The van der Waals surface area contributed by atoms with Crippen molar-refractivity contribution in [3.05, 3.63) is 11.1 Å². The number of carbonyl (C=O) groups is 1. The molecule has 0 bridgehead atoms. The molecule has 0 aromatic carbocycles. The Morgan fingerprint density at radius 3 is 2.61 bits per heavy atom. The van der Waals surface area contributed by atoms with Gasteiger partial charge in [-0.15, -0.1) is 0 Å². The normalized spacial score (nSPS) is 61.6. The van der Waals surface area contributed by atoms with Crippen LogP contribution in [-0.2, 0) is 33.2 Å². The largest absolute Gasteiger partial charge is 0.458 e. The smallest absolute Gasteiger partial charge is 0.334 e. The molecule has 36 heavy (non-hydrogen) atoms. The van der Waals surface area contributed by atoms with Gasteiger partial charge in [-0.2, -0.15) is 0 Å². The first-order valence-electron chi connectivity index (χ1n) is 14.2. The van der Waals surface area contributed by atoms with E-state index < -0.39 is 22.9 Å². The number of rotatable bonds is 2. The van der Waals surface area contributed by atoms with Gasteiger partial charge < -0.3 is 33.5 Å².